The molecule has 0 aromatic heterocycles. The van der Waals surface area contributed by atoms with Crippen LogP contribution in [0.2, 0.25) is 0 Å². The number of fused-ring (bicyclic) bond motifs is 1. The molecule has 0 spiro atoms. The molecule has 1 aliphatic rings. The summed E-state index contributed by atoms with van der Waals surface area (Å²) in [6, 6.07) is 6.10. The number of benzene rings is 1. The Morgan fingerprint density at radius 2 is 2.18 bits per heavy atom. The van der Waals surface area contributed by atoms with Gasteiger partial charge in [0, 0.05) is 24.5 Å². The number of nitrogens with zero attached hydrogens (tertiary/aromatic N) is 1. The zero-order valence-electron chi connectivity index (χ0n) is 10.7. The highest BCUT2D eigenvalue weighted by Gasteiger charge is 2.20. The van der Waals surface area contributed by atoms with Crippen LogP contribution in [0.3, 0.4) is 0 Å². The molecule has 17 heavy (non-hydrogen) atoms. The smallest absolute Gasteiger partial charge is 0.0737 e. The normalized spacial score (nSPS) is 17.1. The van der Waals surface area contributed by atoms with Gasteiger partial charge in [-0.1, -0.05) is 19.9 Å². The van der Waals surface area contributed by atoms with E-state index in [-0.39, 0.29) is 6.10 Å². The van der Waals surface area contributed by atoms with Gasteiger partial charge in [0.15, 0.2) is 0 Å². The summed E-state index contributed by atoms with van der Waals surface area (Å²) in [6.45, 7) is 5.82. The van der Waals surface area contributed by atoms with Crippen molar-refractivity contribution in [3.63, 3.8) is 0 Å². The third-order valence-electron chi connectivity index (χ3n) is 3.50. The summed E-state index contributed by atoms with van der Waals surface area (Å²) in [6.07, 6.45) is 1.99. The predicted molar refractivity (Wildman–Crippen MR) is 72.2 cm³/mol. The minimum Gasteiger partial charge on any atom is -0.399 e. The van der Waals surface area contributed by atoms with Gasteiger partial charge in [-0.3, -0.25) is 0 Å². The lowest BCUT2D eigenvalue weighted by Gasteiger charge is -2.34. The van der Waals surface area contributed by atoms with Crippen LogP contribution in [0.4, 0.5) is 11.4 Å². The van der Waals surface area contributed by atoms with E-state index in [0.29, 0.717) is 12.5 Å². The van der Waals surface area contributed by atoms with Gasteiger partial charge in [-0.2, -0.15) is 0 Å². The predicted octanol–water partition coefficient (Wildman–Crippen LogP) is 2.04. The van der Waals surface area contributed by atoms with Crippen molar-refractivity contribution < 1.29 is 5.11 Å². The second kappa shape index (κ2) is 4.96. The Hall–Kier alpha value is -1.22. The molecule has 0 fully saturated rings. The maximum Gasteiger partial charge on any atom is 0.0737 e. The lowest BCUT2D eigenvalue weighted by Crippen LogP contribution is -2.38. The van der Waals surface area contributed by atoms with Crippen LogP contribution >= 0.6 is 0 Å². The van der Waals surface area contributed by atoms with E-state index >= 15 is 0 Å². The molecule has 3 nitrogen and oxygen atoms in total. The van der Waals surface area contributed by atoms with Crippen molar-refractivity contribution in [2.75, 3.05) is 23.7 Å². The minimum atomic E-state index is -0.276. The van der Waals surface area contributed by atoms with Crippen molar-refractivity contribution in [2.45, 2.75) is 32.8 Å². The van der Waals surface area contributed by atoms with Crippen molar-refractivity contribution in [3.8, 4) is 0 Å². The molecule has 0 bridgehead atoms. The molecule has 1 heterocycles. The fourth-order valence-electron chi connectivity index (χ4n) is 2.29. The Bertz CT molecular complexity index is 390. The van der Waals surface area contributed by atoms with E-state index < -0.39 is 0 Å². The van der Waals surface area contributed by atoms with E-state index in [2.05, 4.69) is 24.8 Å². The Morgan fingerprint density at radius 1 is 1.41 bits per heavy atom. The molecule has 1 aromatic carbocycles. The lowest BCUT2D eigenvalue weighted by molar-refractivity contribution is 0.130. The van der Waals surface area contributed by atoms with E-state index in [9.17, 15) is 5.11 Å². The number of hydrogen-bond donors (Lipinski definition) is 2. The minimum absolute atomic E-state index is 0.276. The number of aryl methyl sites for hydroxylation is 1. The fraction of sp³-hybridized carbons (Fsp3) is 0.571. The topological polar surface area (TPSA) is 49.5 Å². The molecule has 1 unspecified atom stereocenters. The molecule has 1 atom stereocenters. The molecular weight excluding hydrogens is 212 g/mol. The monoisotopic (exact) mass is 234 g/mol. The molecule has 0 aliphatic carbocycles. The molecule has 0 amide bonds. The third kappa shape index (κ3) is 2.72. The quantitative estimate of drug-likeness (QED) is 0.787. The van der Waals surface area contributed by atoms with Crippen LogP contribution in [0.1, 0.15) is 25.8 Å². The first-order valence-corrected chi connectivity index (χ1v) is 6.39. The second-order valence-electron chi connectivity index (χ2n) is 5.25. The standard InChI is InChI=1S/C14H22N2O/c1-10(2)14(17)9-16-7-3-4-11-5-6-12(15)8-13(11)16/h5-6,8,10,14,17H,3-4,7,9,15H2,1-2H3. The van der Waals surface area contributed by atoms with E-state index in [1.54, 1.807) is 0 Å². The Morgan fingerprint density at radius 3 is 2.88 bits per heavy atom. The van der Waals surface area contributed by atoms with Crippen molar-refractivity contribution in [2.24, 2.45) is 5.92 Å². The van der Waals surface area contributed by atoms with Gasteiger partial charge in [-0.15, -0.1) is 0 Å². The number of rotatable bonds is 3. The lowest BCUT2D eigenvalue weighted by atomic mass is 9.99. The highest BCUT2D eigenvalue weighted by Crippen LogP contribution is 2.29. The van der Waals surface area contributed by atoms with E-state index in [0.717, 1.165) is 25.1 Å². The SMILES string of the molecule is CC(C)C(O)CN1CCCc2ccc(N)cc21. The first kappa shape index (κ1) is 12.2. The Labute approximate surface area is 103 Å². The summed E-state index contributed by atoms with van der Waals surface area (Å²) in [5.41, 5.74) is 9.20. The van der Waals surface area contributed by atoms with Gasteiger partial charge in [-0.05, 0) is 36.5 Å². The highest BCUT2D eigenvalue weighted by molar-refractivity contribution is 5.62. The molecular formula is C14H22N2O. The summed E-state index contributed by atoms with van der Waals surface area (Å²) in [5, 5.41) is 10.0. The number of nitrogen functional groups attached to an aromatic ring is 1. The fourth-order valence-corrected chi connectivity index (χ4v) is 2.29. The Kier molecular flexibility index (Phi) is 3.57. The van der Waals surface area contributed by atoms with Crippen LogP contribution < -0.4 is 10.6 Å². The van der Waals surface area contributed by atoms with Gasteiger partial charge in [-0.25, -0.2) is 0 Å². The van der Waals surface area contributed by atoms with Crippen LogP contribution in [-0.4, -0.2) is 24.3 Å². The second-order valence-corrected chi connectivity index (χ2v) is 5.25. The number of β-amino-alcohol motifs (C(OH)–C–C–N with tert-alkyl or cyclic N) is 1. The van der Waals surface area contributed by atoms with Crippen LogP contribution in [0.25, 0.3) is 0 Å². The van der Waals surface area contributed by atoms with Gasteiger partial charge in [0.25, 0.3) is 0 Å². The zero-order valence-corrected chi connectivity index (χ0v) is 10.7. The van der Waals surface area contributed by atoms with Gasteiger partial charge in [0.1, 0.15) is 0 Å². The van der Waals surface area contributed by atoms with Crippen LogP contribution in [0.5, 0.6) is 0 Å². The van der Waals surface area contributed by atoms with Crippen molar-refractivity contribution in [3.05, 3.63) is 23.8 Å². The van der Waals surface area contributed by atoms with Gasteiger partial charge in [0.05, 0.1) is 6.10 Å². The van der Waals surface area contributed by atoms with Gasteiger partial charge < -0.3 is 15.7 Å². The molecule has 0 saturated carbocycles. The summed E-state index contributed by atoms with van der Waals surface area (Å²) in [7, 11) is 0. The average molecular weight is 234 g/mol. The molecule has 1 aliphatic heterocycles. The first-order chi connectivity index (χ1) is 8.08. The molecule has 0 saturated heterocycles. The molecule has 2 rings (SSSR count). The number of anilines is 2. The van der Waals surface area contributed by atoms with E-state index in [4.69, 9.17) is 5.73 Å². The van der Waals surface area contributed by atoms with Gasteiger partial charge in [0.2, 0.25) is 0 Å². The van der Waals surface area contributed by atoms with Crippen molar-refractivity contribution in [1.29, 1.82) is 0 Å². The molecule has 3 N–H and O–H groups in total. The van der Waals surface area contributed by atoms with E-state index in [1.807, 2.05) is 12.1 Å². The highest BCUT2D eigenvalue weighted by atomic mass is 16.3. The summed E-state index contributed by atoms with van der Waals surface area (Å²) < 4.78 is 0. The largest absolute Gasteiger partial charge is 0.399 e. The summed E-state index contributed by atoms with van der Waals surface area (Å²) >= 11 is 0. The number of aliphatic hydroxyl groups excluding tert-OH is 1. The maximum atomic E-state index is 10.0. The van der Waals surface area contributed by atoms with Crippen molar-refractivity contribution in [1.82, 2.24) is 0 Å². The summed E-state index contributed by atoms with van der Waals surface area (Å²) in [4.78, 5) is 2.26. The molecule has 94 valence electrons. The third-order valence-corrected chi connectivity index (χ3v) is 3.50. The zero-order chi connectivity index (χ0) is 12.4. The van der Waals surface area contributed by atoms with Crippen LogP contribution in [0, 0.1) is 5.92 Å². The number of nitrogens with two attached hydrogens (primary N) is 1. The Balaban J connectivity index is 2.19. The molecule has 1 aromatic rings. The molecule has 0 radical (unpaired) electrons. The maximum absolute atomic E-state index is 10.0. The average Bonchev–Trinajstić information content (AvgIpc) is 2.29. The van der Waals surface area contributed by atoms with E-state index in [1.165, 1.54) is 11.3 Å². The number of hydrogen-bond acceptors (Lipinski definition) is 3. The van der Waals surface area contributed by atoms with Crippen molar-refractivity contribution >= 4 is 11.4 Å². The number of aliphatic hydroxyl groups is 1. The van der Waals surface area contributed by atoms with Crippen LogP contribution in [0.15, 0.2) is 18.2 Å². The van der Waals surface area contributed by atoms with Gasteiger partial charge >= 0.3 is 0 Å². The first-order valence-electron chi connectivity index (χ1n) is 6.39. The summed E-state index contributed by atoms with van der Waals surface area (Å²) in [5.74, 6) is 0.293. The molecule has 3 heteroatoms. The van der Waals surface area contributed by atoms with Crippen LogP contribution in [-0.2, 0) is 6.42 Å².